The highest BCUT2D eigenvalue weighted by Crippen LogP contribution is 2.67. The SMILES string of the molecule is CN1C(CCNCc2ccccn2)=C2[C@@H]3C[C@]3(c3cc(Cl)ccc3F)CN2C1S. The van der Waals surface area contributed by atoms with Gasteiger partial charge in [0.1, 0.15) is 11.3 Å². The third-order valence-corrected chi connectivity index (χ3v) is 7.41. The van der Waals surface area contributed by atoms with Gasteiger partial charge in [0.05, 0.1) is 5.69 Å². The van der Waals surface area contributed by atoms with Crippen molar-refractivity contribution in [3.63, 3.8) is 0 Å². The number of hydrogen-bond donors (Lipinski definition) is 2. The molecule has 1 unspecified atom stereocenters. The van der Waals surface area contributed by atoms with E-state index in [2.05, 4.69) is 27.1 Å². The lowest BCUT2D eigenvalue weighted by Crippen LogP contribution is -2.36. The molecule has 5 rings (SSSR count). The van der Waals surface area contributed by atoms with Crippen LogP contribution in [0.4, 0.5) is 4.39 Å². The first-order valence-corrected chi connectivity index (χ1v) is 10.9. The van der Waals surface area contributed by atoms with E-state index in [-0.39, 0.29) is 16.7 Å². The van der Waals surface area contributed by atoms with E-state index in [0.29, 0.717) is 10.9 Å². The summed E-state index contributed by atoms with van der Waals surface area (Å²) in [5.74, 6) is 0.196. The van der Waals surface area contributed by atoms with E-state index in [0.717, 1.165) is 43.7 Å². The maximum atomic E-state index is 14.6. The zero-order valence-corrected chi connectivity index (χ0v) is 17.9. The molecule has 1 N–H and O–H groups in total. The van der Waals surface area contributed by atoms with Gasteiger partial charge < -0.3 is 15.1 Å². The third-order valence-electron chi connectivity index (χ3n) is 6.55. The molecule has 2 aliphatic heterocycles. The maximum Gasteiger partial charge on any atom is 0.147 e. The first kappa shape index (κ1) is 19.2. The lowest BCUT2D eigenvalue weighted by molar-refractivity contribution is 0.243. The molecule has 7 heteroatoms. The zero-order valence-electron chi connectivity index (χ0n) is 16.3. The molecular formula is C22H24ClFN4S. The van der Waals surface area contributed by atoms with E-state index >= 15 is 0 Å². The largest absolute Gasteiger partial charge is 0.348 e. The summed E-state index contributed by atoms with van der Waals surface area (Å²) in [7, 11) is 2.10. The van der Waals surface area contributed by atoms with E-state index in [1.807, 2.05) is 30.5 Å². The average Bonchev–Trinajstić information content (AvgIpc) is 3.28. The fraction of sp³-hybridized carbons (Fsp3) is 0.409. The number of benzene rings is 1. The molecule has 1 saturated carbocycles. The summed E-state index contributed by atoms with van der Waals surface area (Å²) in [4.78, 5) is 8.94. The average molecular weight is 431 g/mol. The van der Waals surface area contributed by atoms with Crippen LogP contribution in [0.2, 0.25) is 5.02 Å². The second kappa shape index (κ2) is 7.18. The van der Waals surface area contributed by atoms with Gasteiger partial charge in [-0.3, -0.25) is 4.98 Å². The number of halogens is 2. The predicted molar refractivity (Wildman–Crippen MR) is 116 cm³/mol. The number of aromatic nitrogens is 1. The molecule has 0 amide bonds. The highest BCUT2D eigenvalue weighted by Gasteiger charge is 2.67. The van der Waals surface area contributed by atoms with E-state index in [1.54, 1.807) is 6.07 Å². The van der Waals surface area contributed by atoms with Gasteiger partial charge in [-0.1, -0.05) is 17.7 Å². The number of rotatable bonds is 6. The van der Waals surface area contributed by atoms with Crippen molar-refractivity contribution in [2.45, 2.75) is 30.3 Å². The second-order valence-corrected chi connectivity index (χ2v) is 9.10. The van der Waals surface area contributed by atoms with Gasteiger partial charge in [-0.25, -0.2) is 4.39 Å². The Hall–Kier alpha value is -1.76. The van der Waals surface area contributed by atoms with Crippen molar-refractivity contribution in [1.29, 1.82) is 0 Å². The number of allylic oxidation sites excluding steroid dienone is 1. The topological polar surface area (TPSA) is 31.4 Å². The monoisotopic (exact) mass is 430 g/mol. The van der Waals surface area contributed by atoms with Gasteiger partial charge in [-0.2, -0.15) is 0 Å². The normalized spacial score (nSPS) is 27.4. The molecule has 1 saturated heterocycles. The fourth-order valence-corrected chi connectivity index (χ4v) is 5.54. The van der Waals surface area contributed by atoms with Crippen LogP contribution >= 0.6 is 24.2 Å². The molecule has 29 heavy (non-hydrogen) atoms. The van der Waals surface area contributed by atoms with Crippen molar-refractivity contribution in [1.82, 2.24) is 20.1 Å². The summed E-state index contributed by atoms with van der Waals surface area (Å²) in [5.41, 5.74) is 4.29. The second-order valence-electron chi connectivity index (χ2n) is 8.20. The van der Waals surface area contributed by atoms with E-state index in [1.165, 1.54) is 17.5 Å². The molecule has 3 heterocycles. The molecule has 1 aromatic carbocycles. The smallest absolute Gasteiger partial charge is 0.147 e. The molecule has 4 nitrogen and oxygen atoms in total. The molecule has 2 fully saturated rings. The number of nitrogens with one attached hydrogen (secondary N) is 1. The van der Waals surface area contributed by atoms with Crippen molar-refractivity contribution in [2.75, 3.05) is 20.1 Å². The van der Waals surface area contributed by atoms with Gasteiger partial charge in [0, 0.05) is 67.0 Å². The molecular weight excluding hydrogens is 407 g/mol. The Morgan fingerprint density at radius 3 is 3.00 bits per heavy atom. The fourth-order valence-electron chi connectivity index (χ4n) is 5.02. The van der Waals surface area contributed by atoms with Crippen LogP contribution in [0.5, 0.6) is 0 Å². The van der Waals surface area contributed by atoms with Gasteiger partial charge in [0.15, 0.2) is 0 Å². The van der Waals surface area contributed by atoms with Crippen molar-refractivity contribution in [3.05, 3.63) is 76.1 Å². The summed E-state index contributed by atoms with van der Waals surface area (Å²) < 4.78 is 14.6. The van der Waals surface area contributed by atoms with Crippen LogP contribution in [0.3, 0.4) is 0 Å². The summed E-state index contributed by atoms with van der Waals surface area (Å²) in [6, 6.07) is 10.9. The Morgan fingerprint density at radius 1 is 1.34 bits per heavy atom. The van der Waals surface area contributed by atoms with Crippen LogP contribution in [-0.2, 0) is 12.0 Å². The van der Waals surface area contributed by atoms with Gasteiger partial charge in [0.25, 0.3) is 0 Å². The molecule has 2 aromatic rings. The Bertz CT molecular complexity index is 969. The van der Waals surface area contributed by atoms with Crippen LogP contribution < -0.4 is 5.32 Å². The summed E-state index contributed by atoms with van der Waals surface area (Å²) in [6.45, 7) is 2.41. The van der Waals surface area contributed by atoms with E-state index in [4.69, 9.17) is 24.2 Å². The lowest BCUT2D eigenvalue weighted by atomic mass is 9.94. The molecule has 1 aromatic heterocycles. The zero-order chi connectivity index (χ0) is 20.2. The number of thiol groups is 1. The number of hydrogen-bond acceptors (Lipinski definition) is 5. The molecule has 3 atom stereocenters. The van der Waals surface area contributed by atoms with Crippen molar-refractivity contribution >= 4 is 24.2 Å². The van der Waals surface area contributed by atoms with Crippen LogP contribution in [0.15, 0.2) is 54.0 Å². The Balaban J connectivity index is 1.34. The number of nitrogens with zero attached hydrogens (tertiary/aromatic N) is 3. The number of pyridine rings is 1. The standard InChI is InChI=1S/C22H24ClFN4S/c1-27-19(7-9-25-12-15-4-2-3-8-26-15)20-17-11-22(17,13-28(20)21(27)29)16-10-14(23)5-6-18(16)24/h2-6,8,10,17,21,25,29H,7,9,11-13H2,1H3/t17-,21?,22+/m0/s1. The first-order valence-electron chi connectivity index (χ1n) is 9.98. The van der Waals surface area contributed by atoms with Crippen molar-refractivity contribution < 1.29 is 4.39 Å². The minimum atomic E-state index is -0.154. The van der Waals surface area contributed by atoms with Crippen LogP contribution in [0.1, 0.15) is 24.1 Å². The highest BCUT2D eigenvalue weighted by molar-refractivity contribution is 7.80. The quantitative estimate of drug-likeness (QED) is 0.536. The minimum absolute atomic E-state index is 0.00251. The first-order chi connectivity index (χ1) is 14.0. The molecule has 0 spiro atoms. The molecule has 0 radical (unpaired) electrons. The van der Waals surface area contributed by atoms with Crippen molar-refractivity contribution in [3.8, 4) is 0 Å². The highest BCUT2D eigenvalue weighted by atomic mass is 35.5. The Kier molecular flexibility index (Phi) is 4.76. The summed E-state index contributed by atoms with van der Waals surface area (Å²) in [6.07, 6.45) is 3.71. The van der Waals surface area contributed by atoms with Gasteiger partial charge in [-0.05, 0) is 42.3 Å². The summed E-state index contributed by atoms with van der Waals surface area (Å²) in [5, 5.41) is 4.08. The molecule has 1 aliphatic carbocycles. The summed E-state index contributed by atoms with van der Waals surface area (Å²) >= 11 is 11.0. The molecule has 0 bridgehead atoms. The molecule has 152 valence electrons. The van der Waals surface area contributed by atoms with Crippen LogP contribution in [0, 0.1) is 11.7 Å². The minimum Gasteiger partial charge on any atom is -0.348 e. The molecule has 3 aliphatic rings. The van der Waals surface area contributed by atoms with Gasteiger partial charge in [0.2, 0.25) is 0 Å². The third kappa shape index (κ3) is 3.13. The number of fused-ring (bicyclic) bond motifs is 3. The maximum absolute atomic E-state index is 14.6. The number of piperidine rings is 1. The predicted octanol–water partition coefficient (Wildman–Crippen LogP) is 4.00. The Labute approximate surface area is 181 Å². The van der Waals surface area contributed by atoms with Crippen molar-refractivity contribution in [2.24, 2.45) is 5.92 Å². The van der Waals surface area contributed by atoms with Gasteiger partial charge >= 0.3 is 0 Å². The van der Waals surface area contributed by atoms with E-state index < -0.39 is 0 Å². The van der Waals surface area contributed by atoms with Crippen LogP contribution in [-0.4, -0.2) is 40.4 Å². The lowest BCUT2D eigenvalue weighted by Gasteiger charge is -2.29. The van der Waals surface area contributed by atoms with Crippen LogP contribution in [0.25, 0.3) is 0 Å². The van der Waals surface area contributed by atoms with Gasteiger partial charge in [-0.15, -0.1) is 12.6 Å². The Morgan fingerprint density at radius 2 is 2.21 bits per heavy atom. The van der Waals surface area contributed by atoms with E-state index in [9.17, 15) is 4.39 Å².